The van der Waals surface area contributed by atoms with Crippen LogP contribution in [0.2, 0.25) is 0 Å². The van der Waals surface area contributed by atoms with Crippen molar-refractivity contribution in [1.82, 2.24) is 4.98 Å². The van der Waals surface area contributed by atoms with Gasteiger partial charge in [-0.05, 0) is 66.2 Å². The van der Waals surface area contributed by atoms with Crippen LogP contribution in [0.1, 0.15) is 11.7 Å². The van der Waals surface area contributed by atoms with Crippen molar-refractivity contribution in [2.75, 3.05) is 12.3 Å². The molecule has 0 amide bonds. The average Bonchev–Trinajstić information content (AvgIpc) is 2.63. The van der Waals surface area contributed by atoms with E-state index in [0.717, 1.165) is 5.56 Å². The van der Waals surface area contributed by atoms with Crippen molar-refractivity contribution in [2.45, 2.75) is 6.10 Å². The minimum absolute atomic E-state index is 0.256. The molecule has 1 aromatic heterocycles. The van der Waals surface area contributed by atoms with Crippen molar-refractivity contribution in [3.05, 3.63) is 72.0 Å². The van der Waals surface area contributed by atoms with Gasteiger partial charge in [0.15, 0.2) is 0 Å². The van der Waals surface area contributed by atoms with Gasteiger partial charge in [-0.15, -0.1) is 0 Å². The average molecular weight is 340 g/mol. The fourth-order valence-corrected chi connectivity index (χ4v) is 2.35. The number of aromatic nitrogens is 1. The van der Waals surface area contributed by atoms with Crippen molar-refractivity contribution in [2.24, 2.45) is 0 Å². The third-order valence-electron chi connectivity index (χ3n) is 3.62. The Morgan fingerprint density at radius 1 is 1.00 bits per heavy atom. The lowest BCUT2D eigenvalue weighted by molar-refractivity contribution is 0.0956. The zero-order valence-corrected chi connectivity index (χ0v) is 13.3. The first-order valence-corrected chi connectivity index (χ1v) is 7.65. The second-order valence-electron chi connectivity index (χ2n) is 5.49. The maximum absolute atomic E-state index is 12.9. The fraction of sp³-hybridized carbons (Fsp3) is 0.105. The number of ether oxygens (including phenoxy) is 1. The number of halogens is 1. The van der Waals surface area contributed by atoms with E-state index in [4.69, 9.17) is 15.6 Å². The molecule has 0 saturated heterocycles. The Kier molecular flexibility index (Phi) is 4.92. The van der Waals surface area contributed by atoms with E-state index in [0.29, 0.717) is 22.8 Å². The van der Waals surface area contributed by atoms with Crippen LogP contribution in [0.15, 0.2) is 60.7 Å². The molecule has 0 bridgehead atoms. The van der Waals surface area contributed by atoms with Crippen molar-refractivity contribution in [3.8, 4) is 22.8 Å². The molecule has 0 unspecified atom stereocenters. The van der Waals surface area contributed by atoms with Crippen LogP contribution in [-0.4, -0.2) is 21.8 Å². The zero-order chi connectivity index (χ0) is 17.8. The second kappa shape index (κ2) is 7.29. The van der Waals surface area contributed by atoms with Gasteiger partial charge in [-0.25, -0.2) is 9.37 Å². The summed E-state index contributed by atoms with van der Waals surface area (Å²) in [6.07, 6.45) is -1.01. The number of aliphatic hydroxyl groups excluding tert-OH is 2. The molecule has 6 heteroatoms. The van der Waals surface area contributed by atoms with Gasteiger partial charge in [0.1, 0.15) is 29.2 Å². The quantitative estimate of drug-likeness (QED) is 0.663. The number of benzene rings is 2. The molecule has 0 aliphatic carbocycles. The molecule has 3 rings (SSSR count). The lowest BCUT2D eigenvalue weighted by atomic mass is 10.1. The summed E-state index contributed by atoms with van der Waals surface area (Å²) in [5.41, 5.74) is 7.63. The first kappa shape index (κ1) is 16.9. The van der Waals surface area contributed by atoms with Crippen molar-refractivity contribution >= 4 is 5.82 Å². The molecule has 128 valence electrons. The second-order valence-corrected chi connectivity index (χ2v) is 5.49. The number of nitrogens with two attached hydrogens (primary N) is 1. The Morgan fingerprint density at radius 2 is 1.60 bits per heavy atom. The molecule has 3 aromatic rings. The van der Waals surface area contributed by atoms with E-state index >= 15 is 0 Å². The van der Waals surface area contributed by atoms with Crippen LogP contribution < -0.4 is 10.5 Å². The van der Waals surface area contributed by atoms with Gasteiger partial charge in [0.2, 0.25) is 0 Å². The number of nitrogens with zero attached hydrogens (tertiary/aromatic N) is 1. The maximum Gasteiger partial charge on any atom is 0.127 e. The highest BCUT2D eigenvalue weighted by Gasteiger charge is 2.10. The summed E-state index contributed by atoms with van der Waals surface area (Å²) < 4.78 is 18.6. The predicted molar refractivity (Wildman–Crippen MR) is 92.6 cm³/mol. The summed E-state index contributed by atoms with van der Waals surface area (Å²) in [5.74, 6) is 1.06. The Balaban J connectivity index is 1.82. The van der Waals surface area contributed by atoms with Crippen LogP contribution in [0.4, 0.5) is 10.2 Å². The number of hydrogen-bond donors (Lipinski definition) is 3. The standard InChI is InChI=1S/C19H17FN2O3/c20-14-3-7-16(8-4-14)25-15-5-1-12(2-6-15)17-9-13(18(24)11-23)10-19(21)22-17/h1-10,18,23-24H,11H2,(H2,21,22)/t18-/m1/s1. The van der Waals surface area contributed by atoms with Crippen LogP contribution >= 0.6 is 0 Å². The van der Waals surface area contributed by atoms with Crippen molar-refractivity contribution < 1.29 is 19.3 Å². The summed E-state index contributed by atoms with van der Waals surface area (Å²) in [5, 5.41) is 18.9. The van der Waals surface area contributed by atoms with Crippen molar-refractivity contribution in [3.63, 3.8) is 0 Å². The van der Waals surface area contributed by atoms with Gasteiger partial charge in [-0.3, -0.25) is 0 Å². The SMILES string of the molecule is Nc1cc([C@H](O)CO)cc(-c2ccc(Oc3ccc(F)cc3)cc2)n1. The normalized spacial score (nSPS) is 12.0. The molecular weight excluding hydrogens is 323 g/mol. The Hall–Kier alpha value is -2.96. The largest absolute Gasteiger partial charge is 0.457 e. The molecule has 0 fully saturated rings. The van der Waals surface area contributed by atoms with Gasteiger partial charge in [-0.2, -0.15) is 0 Å². The van der Waals surface area contributed by atoms with Gasteiger partial charge < -0.3 is 20.7 Å². The van der Waals surface area contributed by atoms with E-state index in [-0.39, 0.29) is 11.6 Å². The van der Waals surface area contributed by atoms with Gasteiger partial charge in [0.05, 0.1) is 12.3 Å². The predicted octanol–water partition coefficient (Wildman–Crippen LogP) is 3.29. The summed E-state index contributed by atoms with van der Waals surface area (Å²) in [6, 6.07) is 16.1. The molecule has 1 atom stereocenters. The van der Waals surface area contributed by atoms with Crippen molar-refractivity contribution in [1.29, 1.82) is 0 Å². The smallest absolute Gasteiger partial charge is 0.127 e. The monoisotopic (exact) mass is 340 g/mol. The molecule has 0 saturated carbocycles. The van der Waals surface area contributed by atoms with Crippen LogP contribution in [0.25, 0.3) is 11.3 Å². The van der Waals surface area contributed by atoms with Gasteiger partial charge >= 0.3 is 0 Å². The minimum atomic E-state index is -1.01. The number of anilines is 1. The van der Waals surface area contributed by atoms with E-state index in [2.05, 4.69) is 4.98 Å². The van der Waals surface area contributed by atoms with Gasteiger partial charge in [0.25, 0.3) is 0 Å². The molecule has 25 heavy (non-hydrogen) atoms. The minimum Gasteiger partial charge on any atom is -0.457 e. The van der Waals surface area contributed by atoms with Crippen LogP contribution in [-0.2, 0) is 0 Å². The first-order chi connectivity index (χ1) is 12.0. The molecule has 0 aliphatic rings. The number of aliphatic hydroxyl groups is 2. The molecule has 4 N–H and O–H groups in total. The number of hydrogen-bond acceptors (Lipinski definition) is 5. The summed E-state index contributed by atoms with van der Waals surface area (Å²) >= 11 is 0. The Bertz CT molecular complexity index is 852. The Labute approximate surface area is 144 Å². The van der Waals surface area contributed by atoms with E-state index in [9.17, 15) is 9.50 Å². The molecule has 2 aromatic carbocycles. The molecule has 1 heterocycles. The lowest BCUT2D eigenvalue weighted by Gasteiger charge is -2.11. The highest BCUT2D eigenvalue weighted by molar-refractivity contribution is 5.63. The number of pyridine rings is 1. The molecular formula is C19H17FN2O3. The summed E-state index contributed by atoms with van der Waals surface area (Å²) in [7, 11) is 0. The number of nitrogen functional groups attached to an aromatic ring is 1. The maximum atomic E-state index is 12.9. The molecule has 5 nitrogen and oxygen atoms in total. The van der Waals surface area contributed by atoms with E-state index in [1.54, 1.807) is 42.5 Å². The van der Waals surface area contributed by atoms with Crippen LogP contribution in [0, 0.1) is 5.82 Å². The molecule has 0 aliphatic heterocycles. The zero-order valence-electron chi connectivity index (χ0n) is 13.3. The lowest BCUT2D eigenvalue weighted by Crippen LogP contribution is -2.05. The first-order valence-electron chi connectivity index (χ1n) is 7.65. The number of rotatable bonds is 5. The fourth-order valence-electron chi connectivity index (χ4n) is 2.35. The third kappa shape index (κ3) is 4.12. The summed E-state index contributed by atoms with van der Waals surface area (Å²) in [6.45, 7) is -0.395. The molecule has 0 spiro atoms. The van der Waals surface area contributed by atoms with Crippen LogP contribution in [0.5, 0.6) is 11.5 Å². The van der Waals surface area contributed by atoms with E-state index < -0.39 is 12.7 Å². The third-order valence-corrected chi connectivity index (χ3v) is 3.62. The summed E-state index contributed by atoms with van der Waals surface area (Å²) in [4.78, 5) is 4.25. The highest BCUT2D eigenvalue weighted by atomic mass is 19.1. The molecule has 0 radical (unpaired) electrons. The van der Waals surface area contributed by atoms with E-state index in [1.165, 1.54) is 18.2 Å². The van der Waals surface area contributed by atoms with E-state index in [1.807, 2.05) is 0 Å². The van der Waals surface area contributed by atoms with Gasteiger partial charge in [-0.1, -0.05) is 0 Å². The van der Waals surface area contributed by atoms with Gasteiger partial charge in [0, 0.05) is 5.56 Å². The Morgan fingerprint density at radius 3 is 2.20 bits per heavy atom. The van der Waals surface area contributed by atoms with Crippen LogP contribution in [0.3, 0.4) is 0 Å². The topological polar surface area (TPSA) is 88.6 Å². The highest BCUT2D eigenvalue weighted by Crippen LogP contribution is 2.27.